The number of rotatable bonds is 5. The van der Waals surface area contributed by atoms with E-state index in [9.17, 15) is 8.42 Å². The lowest BCUT2D eigenvalue weighted by atomic mass is 10.1. The summed E-state index contributed by atoms with van der Waals surface area (Å²) in [4.78, 5) is 0.149. The number of hydrogen-bond donors (Lipinski definition) is 2. The predicted molar refractivity (Wildman–Crippen MR) is 72.2 cm³/mol. The maximum absolute atomic E-state index is 12.0. The molecule has 1 saturated heterocycles. The van der Waals surface area contributed by atoms with Crippen LogP contribution in [0.5, 0.6) is 0 Å². The smallest absolute Gasteiger partial charge is 0.242 e. The second-order valence-corrected chi connectivity index (χ2v) is 6.62. The average molecular weight is 289 g/mol. The first-order valence-corrected chi connectivity index (χ1v) is 7.90. The molecule has 0 unspecified atom stereocenters. The van der Waals surface area contributed by atoms with E-state index >= 15 is 0 Å². The fraction of sp³-hybridized carbons (Fsp3) is 0.500. The van der Waals surface area contributed by atoms with Gasteiger partial charge >= 0.3 is 0 Å². The van der Waals surface area contributed by atoms with E-state index in [1.54, 1.807) is 18.2 Å². The van der Waals surface area contributed by atoms with Crippen molar-refractivity contribution in [2.45, 2.75) is 17.7 Å². The second kappa shape index (κ2) is 6.02. The molecule has 1 heterocycles. The Balaban J connectivity index is 1.93. The normalized spacial score (nSPS) is 20.2. The Kier molecular flexibility index (Phi) is 4.61. The molecular weight excluding hydrogens is 272 g/mol. The van der Waals surface area contributed by atoms with Crippen molar-refractivity contribution in [1.29, 1.82) is 0 Å². The molecule has 18 heavy (non-hydrogen) atoms. The highest BCUT2D eigenvalue weighted by Gasteiger charge is 2.19. The molecule has 1 aliphatic heterocycles. The monoisotopic (exact) mass is 288 g/mol. The van der Waals surface area contributed by atoms with Gasteiger partial charge in [0, 0.05) is 6.54 Å². The van der Waals surface area contributed by atoms with Gasteiger partial charge in [-0.3, -0.25) is 0 Å². The summed E-state index contributed by atoms with van der Waals surface area (Å²) in [7, 11) is -3.49. The first-order chi connectivity index (χ1) is 8.59. The zero-order chi connectivity index (χ0) is 13.0. The van der Waals surface area contributed by atoms with Crippen LogP contribution in [0.4, 0.5) is 0 Å². The number of hydrogen-bond acceptors (Lipinski definition) is 3. The van der Waals surface area contributed by atoms with Gasteiger partial charge in [0.2, 0.25) is 10.0 Å². The standard InChI is InChI=1S/C12H17ClN2O2S/c13-11-3-1-2-4-12(11)18(16,17)15-8-6-10-5-7-14-9-10/h1-4,10,14-15H,5-9H2/t10-/m0/s1. The lowest BCUT2D eigenvalue weighted by molar-refractivity contribution is 0.519. The third-order valence-electron chi connectivity index (χ3n) is 3.13. The van der Waals surface area contributed by atoms with Gasteiger partial charge in [0.1, 0.15) is 4.90 Å². The molecule has 0 radical (unpaired) electrons. The van der Waals surface area contributed by atoms with Crippen LogP contribution in [0.2, 0.25) is 5.02 Å². The van der Waals surface area contributed by atoms with E-state index in [-0.39, 0.29) is 9.92 Å². The summed E-state index contributed by atoms with van der Waals surface area (Å²) < 4.78 is 26.6. The van der Waals surface area contributed by atoms with Crippen LogP contribution >= 0.6 is 11.6 Å². The van der Waals surface area contributed by atoms with Gasteiger partial charge in [-0.2, -0.15) is 0 Å². The van der Waals surface area contributed by atoms with Crippen LogP contribution in [0.1, 0.15) is 12.8 Å². The van der Waals surface area contributed by atoms with Gasteiger partial charge in [-0.25, -0.2) is 13.1 Å². The lowest BCUT2D eigenvalue weighted by Crippen LogP contribution is -2.26. The van der Waals surface area contributed by atoms with Crippen molar-refractivity contribution in [1.82, 2.24) is 10.0 Å². The minimum Gasteiger partial charge on any atom is -0.316 e. The molecule has 0 aliphatic carbocycles. The molecule has 1 fully saturated rings. The van der Waals surface area contributed by atoms with Crippen molar-refractivity contribution < 1.29 is 8.42 Å². The van der Waals surface area contributed by atoms with Crippen LogP contribution in [0, 0.1) is 5.92 Å². The van der Waals surface area contributed by atoms with Gasteiger partial charge in [0.25, 0.3) is 0 Å². The Hall–Kier alpha value is -0.620. The van der Waals surface area contributed by atoms with Crippen molar-refractivity contribution >= 4 is 21.6 Å². The third-order valence-corrected chi connectivity index (χ3v) is 5.09. The SMILES string of the molecule is O=S(=O)(NCC[C@@H]1CCNC1)c1ccccc1Cl. The molecule has 1 aromatic carbocycles. The minimum absolute atomic E-state index is 0.149. The Morgan fingerprint density at radius 3 is 2.83 bits per heavy atom. The molecule has 100 valence electrons. The van der Waals surface area contributed by atoms with E-state index in [0.717, 1.165) is 25.9 Å². The Morgan fingerprint density at radius 2 is 2.17 bits per heavy atom. The van der Waals surface area contributed by atoms with Crippen molar-refractivity contribution in [2.24, 2.45) is 5.92 Å². The van der Waals surface area contributed by atoms with Gasteiger partial charge in [-0.15, -0.1) is 0 Å². The summed E-state index contributed by atoms with van der Waals surface area (Å²) in [5, 5.41) is 3.52. The Labute approximate surface area is 113 Å². The van der Waals surface area contributed by atoms with Crippen molar-refractivity contribution in [3.8, 4) is 0 Å². The van der Waals surface area contributed by atoms with Gasteiger partial charge in [-0.05, 0) is 44.0 Å². The maximum Gasteiger partial charge on any atom is 0.242 e. The van der Waals surface area contributed by atoms with Crippen LogP contribution < -0.4 is 10.0 Å². The maximum atomic E-state index is 12.0. The molecule has 4 nitrogen and oxygen atoms in total. The summed E-state index contributed by atoms with van der Waals surface area (Å²) in [5.74, 6) is 0.568. The Morgan fingerprint density at radius 1 is 1.39 bits per heavy atom. The highest BCUT2D eigenvalue weighted by molar-refractivity contribution is 7.89. The van der Waals surface area contributed by atoms with E-state index < -0.39 is 10.0 Å². The molecule has 0 bridgehead atoms. The van der Waals surface area contributed by atoms with Crippen molar-refractivity contribution in [2.75, 3.05) is 19.6 Å². The van der Waals surface area contributed by atoms with Crippen LogP contribution in [0.3, 0.4) is 0 Å². The number of nitrogens with one attached hydrogen (secondary N) is 2. The summed E-state index contributed by atoms with van der Waals surface area (Å²) in [6.07, 6.45) is 1.98. The number of halogens is 1. The average Bonchev–Trinajstić information content (AvgIpc) is 2.82. The molecule has 1 aromatic rings. The summed E-state index contributed by atoms with van der Waals surface area (Å²) in [6, 6.07) is 6.48. The molecule has 0 aromatic heterocycles. The molecule has 1 aliphatic rings. The molecule has 2 rings (SSSR count). The van der Waals surface area contributed by atoms with Gasteiger partial charge < -0.3 is 5.32 Å². The van der Waals surface area contributed by atoms with E-state index in [1.807, 2.05) is 0 Å². The molecule has 0 spiro atoms. The molecule has 1 atom stereocenters. The van der Waals surface area contributed by atoms with Gasteiger partial charge in [0.15, 0.2) is 0 Å². The molecule has 0 amide bonds. The second-order valence-electron chi connectivity index (χ2n) is 4.48. The zero-order valence-electron chi connectivity index (χ0n) is 10.0. The molecule has 2 N–H and O–H groups in total. The van der Waals surface area contributed by atoms with Crippen molar-refractivity contribution in [3.05, 3.63) is 29.3 Å². The minimum atomic E-state index is -3.49. The summed E-state index contributed by atoms with van der Waals surface area (Å²) >= 11 is 5.89. The molecular formula is C12H17ClN2O2S. The fourth-order valence-electron chi connectivity index (χ4n) is 2.10. The largest absolute Gasteiger partial charge is 0.316 e. The van der Waals surface area contributed by atoms with Crippen LogP contribution in [-0.4, -0.2) is 28.1 Å². The fourth-order valence-corrected chi connectivity index (χ4v) is 3.66. The third kappa shape index (κ3) is 3.45. The van der Waals surface area contributed by atoms with Crippen LogP contribution in [0.15, 0.2) is 29.2 Å². The first-order valence-electron chi connectivity index (χ1n) is 6.04. The first kappa shape index (κ1) is 13.8. The number of benzene rings is 1. The van der Waals surface area contributed by atoms with Gasteiger partial charge in [0.05, 0.1) is 5.02 Å². The van der Waals surface area contributed by atoms with Crippen LogP contribution in [0.25, 0.3) is 0 Å². The predicted octanol–water partition coefficient (Wildman–Crippen LogP) is 1.62. The van der Waals surface area contributed by atoms with Gasteiger partial charge in [-0.1, -0.05) is 23.7 Å². The molecule has 0 saturated carbocycles. The summed E-state index contributed by atoms with van der Waals surface area (Å²) in [5.41, 5.74) is 0. The zero-order valence-corrected chi connectivity index (χ0v) is 11.6. The summed E-state index contributed by atoms with van der Waals surface area (Å²) in [6.45, 7) is 2.47. The van der Waals surface area contributed by atoms with E-state index in [4.69, 9.17) is 11.6 Å². The highest BCUT2D eigenvalue weighted by atomic mass is 35.5. The lowest BCUT2D eigenvalue weighted by Gasteiger charge is -2.10. The van der Waals surface area contributed by atoms with E-state index in [1.165, 1.54) is 6.07 Å². The number of sulfonamides is 1. The van der Waals surface area contributed by atoms with E-state index in [2.05, 4.69) is 10.0 Å². The quantitative estimate of drug-likeness (QED) is 0.866. The highest BCUT2D eigenvalue weighted by Crippen LogP contribution is 2.20. The topological polar surface area (TPSA) is 58.2 Å². The molecule has 6 heteroatoms. The van der Waals surface area contributed by atoms with E-state index in [0.29, 0.717) is 12.5 Å². The van der Waals surface area contributed by atoms with Crippen molar-refractivity contribution in [3.63, 3.8) is 0 Å². The van der Waals surface area contributed by atoms with Crippen LogP contribution in [-0.2, 0) is 10.0 Å². The Bertz CT molecular complexity index is 499.